The van der Waals surface area contributed by atoms with Crippen molar-refractivity contribution in [3.05, 3.63) is 68.6 Å². The molecule has 4 aromatic rings. The van der Waals surface area contributed by atoms with Crippen molar-refractivity contribution < 1.29 is 22.7 Å². The van der Waals surface area contributed by atoms with Crippen LogP contribution < -0.4 is 16.4 Å². The molecular formula is C25H22ClF3IN7O2. The first-order valence-corrected chi connectivity index (χ1v) is 13.2. The van der Waals surface area contributed by atoms with Crippen molar-refractivity contribution in [2.75, 3.05) is 42.7 Å². The number of carbonyl (C=O) groups is 1. The number of carbonyl (C=O) groups excluding carboxylic acids is 1. The minimum Gasteiger partial charge on any atom is -0.382 e. The molecule has 4 N–H and O–H groups in total. The fraction of sp³-hybridized carbons (Fsp3) is 0.240. The smallest absolute Gasteiger partial charge is 0.382 e. The number of urea groups is 1. The molecule has 9 nitrogen and oxygen atoms in total. The van der Waals surface area contributed by atoms with E-state index in [1.807, 2.05) is 22.6 Å². The number of amides is 2. The summed E-state index contributed by atoms with van der Waals surface area (Å²) in [7, 11) is 0. The minimum absolute atomic E-state index is 0.0508. The number of morpholine rings is 1. The molecule has 2 aromatic carbocycles. The first kappa shape index (κ1) is 27.4. The molecule has 204 valence electrons. The third-order valence-corrected chi connectivity index (χ3v) is 7.58. The van der Waals surface area contributed by atoms with E-state index in [2.05, 4.69) is 25.6 Å². The van der Waals surface area contributed by atoms with E-state index in [-0.39, 0.29) is 11.5 Å². The Bertz CT molecular complexity index is 1520. The number of hydrogen-bond donors (Lipinski definition) is 3. The number of aromatic nitrogens is 3. The van der Waals surface area contributed by atoms with Gasteiger partial charge in [-0.25, -0.2) is 14.3 Å². The fourth-order valence-electron chi connectivity index (χ4n) is 4.32. The molecular weight excluding hydrogens is 650 g/mol. The number of halogens is 5. The van der Waals surface area contributed by atoms with E-state index in [1.165, 1.54) is 12.4 Å². The molecule has 5 rings (SSSR count). The molecule has 0 aliphatic carbocycles. The molecule has 1 aliphatic heterocycles. The van der Waals surface area contributed by atoms with Crippen molar-refractivity contribution in [2.45, 2.75) is 12.7 Å². The zero-order chi connectivity index (χ0) is 27.7. The van der Waals surface area contributed by atoms with Crippen LogP contribution in [0, 0.1) is 3.57 Å². The normalized spacial score (nSPS) is 14.5. The summed E-state index contributed by atoms with van der Waals surface area (Å²) < 4.78 is 46.8. The minimum atomic E-state index is -4.52. The molecule has 0 saturated carbocycles. The van der Waals surface area contributed by atoms with E-state index < -0.39 is 17.8 Å². The highest BCUT2D eigenvalue weighted by molar-refractivity contribution is 14.1. The van der Waals surface area contributed by atoms with Crippen LogP contribution in [0.25, 0.3) is 16.6 Å². The van der Waals surface area contributed by atoms with Gasteiger partial charge in [-0.2, -0.15) is 18.3 Å². The van der Waals surface area contributed by atoms with Crippen LogP contribution in [0.4, 0.5) is 35.2 Å². The summed E-state index contributed by atoms with van der Waals surface area (Å²) in [4.78, 5) is 18.9. The standard InChI is InChI=1S/C25H22ClF3IN7O2/c26-21-19(12-36-7-9-39-10-8-36)37-22(23(31)32-13-33-37)20(21)14-1-4-16(5-2-14)34-24(38)35-18-11-15(25(27,28)29)3-6-17(18)30/h1-6,11,13H,7-10,12H2,(H2,31,32,33)(H2,34,35,38). The van der Waals surface area contributed by atoms with Gasteiger partial charge >= 0.3 is 12.2 Å². The van der Waals surface area contributed by atoms with Gasteiger partial charge in [0.15, 0.2) is 5.82 Å². The fourth-order valence-corrected chi connectivity index (χ4v) is 5.13. The zero-order valence-electron chi connectivity index (χ0n) is 20.2. The number of benzene rings is 2. The van der Waals surface area contributed by atoms with Crippen LogP contribution in [0.1, 0.15) is 11.3 Å². The molecule has 1 fully saturated rings. The average molecular weight is 672 g/mol. The Morgan fingerprint density at radius 2 is 1.85 bits per heavy atom. The van der Waals surface area contributed by atoms with Crippen molar-refractivity contribution in [1.29, 1.82) is 0 Å². The number of anilines is 3. The van der Waals surface area contributed by atoms with Gasteiger partial charge < -0.3 is 21.1 Å². The molecule has 0 atom stereocenters. The summed E-state index contributed by atoms with van der Waals surface area (Å²) in [5.41, 5.74) is 8.59. The third kappa shape index (κ3) is 5.90. The van der Waals surface area contributed by atoms with Gasteiger partial charge in [0.05, 0.1) is 35.2 Å². The van der Waals surface area contributed by atoms with Crippen LogP contribution in [0.15, 0.2) is 48.8 Å². The van der Waals surface area contributed by atoms with Crippen LogP contribution in [-0.2, 0) is 17.5 Å². The molecule has 0 unspecified atom stereocenters. The summed E-state index contributed by atoms with van der Waals surface area (Å²) in [5, 5.41) is 9.99. The van der Waals surface area contributed by atoms with Crippen LogP contribution in [0.5, 0.6) is 0 Å². The monoisotopic (exact) mass is 671 g/mol. The maximum atomic E-state index is 13.1. The molecule has 0 radical (unpaired) electrons. The van der Waals surface area contributed by atoms with E-state index in [9.17, 15) is 18.0 Å². The first-order valence-electron chi connectivity index (χ1n) is 11.8. The number of alkyl halides is 3. The summed E-state index contributed by atoms with van der Waals surface area (Å²) in [6.07, 6.45) is -3.14. The van der Waals surface area contributed by atoms with Crippen molar-refractivity contribution >= 4 is 62.9 Å². The quantitative estimate of drug-likeness (QED) is 0.234. The average Bonchev–Trinajstić information content (AvgIpc) is 3.18. The van der Waals surface area contributed by atoms with E-state index >= 15 is 0 Å². The van der Waals surface area contributed by atoms with Crippen molar-refractivity contribution in [3.63, 3.8) is 0 Å². The lowest BCUT2D eigenvalue weighted by Crippen LogP contribution is -2.36. The lowest BCUT2D eigenvalue weighted by Gasteiger charge is -2.26. The largest absolute Gasteiger partial charge is 0.416 e. The molecule has 1 saturated heterocycles. The molecule has 14 heteroatoms. The highest BCUT2D eigenvalue weighted by Crippen LogP contribution is 2.39. The number of nitrogen functional groups attached to an aromatic ring is 1. The van der Waals surface area contributed by atoms with Gasteiger partial charge in [-0.05, 0) is 58.5 Å². The van der Waals surface area contributed by atoms with Gasteiger partial charge in [0.2, 0.25) is 0 Å². The third-order valence-electron chi connectivity index (χ3n) is 6.23. The van der Waals surface area contributed by atoms with Gasteiger partial charge in [0.25, 0.3) is 0 Å². The summed E-state index contributed by atoms with van der Waals surface area (Å²) in [6, 6.07) is 9.31. The van der Waals surface area contributed by atoms with Crippen molar-refractivity contribution in [1.82, 2.24) is 19.5 Å². The zero-order valence-corrected chi connectivity index (χ0v) is 23.1. The number of nitrogens with one attached hydrogen (secondary N) is 2. The van der Waals surface area contributed by atoms with Crippen LogP contribution >= 0.6 is 34.2 Å². The number of nitrogens with two attached hydrogens (primary N) is 1. The predicted molar refractivity (Wildman–Crippen MR) is 151 cm³/mol. The summed E-state index contributed by atoms with van der Waals surface area (Å²) in [5.74, 6) is 0.271. The number of fused-ring (bicyclic) bond motifs is 1. The Morgan fingerprint density at radius 3 is 2.54 bits per heavy atom. The lowest BCUT2D eigenvalue weighted by atomic mass is 10.1. The second-order valence-corrected chi connectivity index (χ2v) is 10.3. The van der Waals surface area contributed by atoms with E-state index in [1.54, 1.807) is 28.8 Å². The number of hydrogen-bond acceptors (Lipinski definition) is 6. The van der Waals surface area contributed by atoms with E-state index in [0.717, 1.165) is 36.5 Å². The van der Waals surface area contributed by atoms with Gasteiger partial charge in [0, 0.05) is 34.5 Å². The predicted octanol–water partition coefficient (Wildman–Crippen LogP) is 5.73. The topological polar surface area (TPSA) is 110 Å². The second kappa shape index (κ2) is 11.2. The second-order valence-electron chi connectivity index (χ2n) is 8.78. The Labute approximate surface area is 239 Å². The van der Waals surface area contributed by atoms with Crippen LogP contribution in [-0.4, -0.2) is 51.8 Å². The maximum Gasteiger partial charge on any atom is 0.416 e. The van der Waals surface area contributed by atoms with Crippen molar-refractivity contribution in [3.8, 4) is 11.1 Å². The van der Waals surface area contributed by atoms with Gasteiger partial charge in [-0.3, -0.25) is 4.90 Å². The Balaban J connectivity index is 1.38. The lowest BCUT2D eigenvalue weighted by molar-refractivity contribution is -0.137. The Kier molecular flexibility index (Phi) is 7.84. The molecule has 0 bridgehead atoms. The molecule has 2 aromatic heterocycles. The highest BCUT2D eigenvalue weighted by Gasteiger charge is 2.31. The SMILES string of the molecule is Nc1ncnn2c(CN3CCOCC3)c(Cl)c(-c3ccc(NC(=O)Nc4cc(C(F)(F)F)ccc4I)cc3)c12. The Hall–Kier alpha value is -3.14. The van der Waals surface area contributed by atoms with E-state index in [0.29, 0.717) is 45.1 Å². The molecule has 1 aliphatic rings. The molecule has 2 amide bonds. The van der Waals surface area contributed by atoms with Crippen LogP contribution in [0.3, 0.4) is 0 Å². The van der Waals surface area contributed by atoms with Gasteiger partial charge in [-0.15, -0.1) is 0 Å². The molecule has 0 spiro atoms. The summed E-state index contributed by atoms with van der Waals surface area (Å²) in [6.45, 7) is 3.36. The summed E-state index contributed by atoms with van der Waals surface area (Å²) >= 11 is 8.75. The Morgan fingerprint density at radius 1 is 1.13 bits per heavy atom. The molecule has 3 heterocycles. The van der Waals surface area contributed by atoms with E-state index in [4.69, 9.17) is 22.1 Å². The number of nitrogens with zero attached hydrogens (tertiary/aromatic N) is 4. The maximum absolute atomic E-state index is 13.1. The molecule has 39 heavy (non-hydrogen) atoms. The van der Waals surface area contributed by atoms with Gasteiger partial charge in [0.1, 0.15) is 11.8 Å². The number of rotatable bonds is 5. The van der Waals surface area contributed by atoms with Crippen LogP contribution in [0.2, 0.25) is 5.02 Å². The first-order chi connectivity index (χ1) is 18.6. The highest BCUT2D eigenvalue weighted by atomic mass is 127. The number of ether oxygens (including phenoxy) is 1. The van der Waals surface area contributed by atoms with Crippen molar-refractivity contribution in [2.24, 2.45) is 0 Å². The van der Waals surface area contributed by atoms with Gasteiger partial charge in [-0.1, -0.05) is 23.7 Å².